The molecule has 1 saturated heterocycles. The number of rotatable bonds is 6. The van der Waals surface area contributed by atoms with Crippen LogP contribution in [-0.2, 0) is 14.8 Å². The lowest BCUT2D eigenvalue weighted by atomic mass is 10.0. The van der Waals surface area contributed by atoms with Crippen LogP contribution >= 0.6 is 0 Å². The normalized spacial score (nSPS) is 28.2. The Kier molecular flexibility index (Phi) is 4.73. The fourth-order valence-corrected chi connectivity index (χ4v) is 3.04. The van der Waals surface area contributed by atoms with Gasteiger partial charge in [-0.05, 0) is 26.8 Å². The second kappa shape index (κ2) is 5.44. The number of hydrogen-bond donors (Lipinski definition) is 2. The predicted octanol–water partition coefficient (Wildman–Crippen LogP) is 0.0828. The van der Waals surface area contributed by atoms with Crippen LogP contribution in [-0.4, -0.2) is 45.5 Å². The molecule has 0 bridgehead atoms. The first-order chi connectivity index (χ1) is 7.40. The molecule has 0 saturated carbocycles. The highest BCUT2D eigenvalue weighted by molar-refractivity contribution is 7.90. The molecule has 6 heteroatoms. The van der Waals surface area contributed by atoms with Gasteiger partial charge in [0, 0.05) is 13.2 Å². The quantitative estimate of drug-likeness (QED) is 0.701. The van der Waals surface area contributed by atoms with Gasteiger partial charge in [-0.3, -0.25) is 0 Å². The molecule has 16 heavy (non-hydrogen) atoms. The number of hydrogen-bond acceptors (Lipinski definition) is 4. The molecule has 5 nitrogen and oxygen atoms in total. The Balaban J connectivity index is 2.56. The van der Waals surface area contributed by atoms with Crippen molar-refractivity contribution in [3.8, 4) is 0 Å². The lowest BCUT2D eigenvalue weighted by Gasteiger charge is -2.25. The highest BCUT2D eigenvalue weighted by Crippen LogP contribution is 2.19. The lowest BCUT2D eigenvalue weighted by Crippen LogP contribution is -2.50. The van der Waals surface area contributed by atoms with Crippen LogP contribution in [0.4, 0.5) is 0 Å². The van der Waals surface area contributed by atoms with Crippen LogP contribution in [0.1, 0.15) is 27.2 Å². The third-order valence-corrected chi connectivity index (χ3v) is 4.82. The van der Waals surface area contributed by atoms with E-state index >= 15 is 0 Å². The van der Waals surface area contributed by atoms with Gasteiger partial charge in [0.05, 0.1) is 17.4 Å². The van der Waals surface area contributed by atoms with Gasteiger partial charge in [0.15, 0.2) is 0 Å². The minimum atomic E-state index is -3.27. The summed E-state index contributed by atoms with van der Waals surface area (Å²) in [5.74, 6) is 0. The van der Waals surface area contributed by atoms with Gasteiger partial charge in [0.1, 0.15) is 0 Å². The summed E-state index contributed by atoms with van der Waals surface area (Å²) in [7, 11) is -3.27. The van der Waals surface area contributed by atoms with Crippen molar-refractivity contribution in [1.82, 2.24) is 10.0 Å². The lowest BCUT2D eigenvalue weighted by molar-refractivity contribution is 0.178. The summed E-state index contributed by atoms with van der Waals surface area (Å²) in [6.45, 7) is 7.89. The van der Waals surface area contributed by atoms with Crippen LogP contribution < -0.4 is 10.0 Å². The minimum Gasteiger partial charge on any atom is -0.379 e. The van der Waals surface area contributed by atoms with E-state index in [2.05, 4.69) is 10.0 Å². The Morgan fingerprint density at radius 1 is 1.50 bits per heavy atom. The summed E-state index contributed by atoms with van der Waals surface area (Å²) in [6, 6.07) is 0. The van der Waals surface area contributed by atoms with E-state index in [4.69, 9.17) is 4.74 Å². The van der Waals surface area contributed by atoms with Gasteiger partial charge in [0.25, 0.3) is 0 Å². The molecule has 0 aromatic rings. The van der Waals surface area contributed by atoms with Crippen molar-refractivity contribution in [2.24, 2.45) is 0 Å². The summed E-state index contributed by atoms with van der Waals surface area (Å²) in [4.78, 5) is 0. The maximum atomic E-state index is 12.0. The van der Waals surface area contributed by atoms with Crippen molar-refractivity contribution in [3.05, 3.63) is 0 Å². The monoisotopic (exact) mass is 250 g/mol. The Labute approximate surface area is 98.0 Å². The molecule has 1 rings (SSSR count). The van der Waals surface area contributed by atoms with Gasteiger partial charge in [0.2, 0.25) is 10.0 Å². The maximum absolute atomic E-state index is 12.0. The molecule has 1 aliphatic rings. The van der Waals surface area contributed by atoms with Crippen molar-refractivity contribution < 1.29 is 13.2 Å². The van der Waals surface area contributed by atoms with Crippen molar-refractivity contribution >= 4 is 10.0 Å². The second-order valence-corrected chi connectivity index (χ2v) is 6.73. The average Bonchev–Trinajstić information content (AvgIpc) is 2.59. The zero-order valence-corrected chi connectivity index (χ0v) is 11.1. The second-order valence-electron chi connectivity index (χ2n) is 4.63. The van der Waals surface area contributed by atoms with Crippen LogP contribution in [0.15, 0.2) is 0 Å². The molecule has 0 aromatic carbocycles. The first kappa shape index (κ1) is 13.9. The first-order valence-electron chi connectivity index (χ1n) is 5.71. The van der Waals surface area contributed by atoms with Crippen molar-refractivity contribution in [2.45, 2.75) is 38.0 Å². The van der Waals surface area contributed by atoms with Gasteiger partial charge in [-0.15, -0.1) is 0 Å². The molecule has 2 unspecified atom stereocenters. The van der Waals surface area contributed by atoms with Gasteiger partial charge in [-0.25, -0.2) is 13.1 Å². The minimum absolute atomic E-state index is 0.426. The molecular weight excluding hydrogens is 228 g/mol. The van der Waals surface area contributed by atoms with Crippen LogP contribution in [0, 0.1) is 0 Å². The Morgan fingerprint density at radius 3 is 2.69 bits per heavy atom. The third kappa shape index (κ3) is 3.69. The Bertz CT molecular complexity index is 310. The summed E-state index contributed by atoms with van der Waals surface area (Å²) in [6.07, 6.45) is 0.736. The van der Waals surface area contributed by atoms with Crippen LogP contribution in [0.5, 0.6) is 0 Å². The van der Waals surface area contributed by atoms with E-state index in [9.17, 15) is 8.42 Å². The Morgan fingerprint density at radius 2 is 2.19 bits per heavy atom. The molecule has 0 radical (unpaired) electrons. The Hall–Kier alpha value is -0.170. The highest BCUT2D eigenvalue weighted by atomic mass is 32.2. The van der Waals surface area contributed by atoms with Crippen molar-refractivity contribution in [1.29, 1.82) is 0 Å². The molecule has 0 aliphatic carbocycles. The van der Waals surface area contributed by atoms with E-state index in [1.54, 1.807) is 6.92 Å². The van der Waals surface area contributed by atoms with Crippen LogP contribution in [0.3, 0.4) is 0 Å². The van der Waals surface area contributed by atoms with Crippen molar-refractivity contribution in [2.75, 3.05) is 26.3 Å². The molecule has 0 aromatic heterocycles. The molecule has 96 valence electrons. The number of sulfonamides is 1. The van der Waals surface area contributed by atoms with Gasteiger partial charge in [-0.1, -0.05) is 6.92 Å². The van der Waals surface area contributed by atoms with Crippen LogP contribution in [0.25, 0.3) is 0 Å². The van der Waals surface area contributed by atoms with Gasteiger partial charge in [-0.2, -0.15) is 0 Å². The first-order valence-corrected chi connectivity index (χ1v) is 7.25. The topological polar surface area (TPSA) is 67.4 Å². The standard InChI is InChI=1S/C10H22N2O3S/c1-4-11-7-9(2)16(13,14)12-10(3)5-6-15-8-10/h9,11-12H,4-8H2,1-3H3. The number of ether oxygens (including phenoxy) is 1. The predicted molar refractivity (Wildman–Crippen MR) is 63.9 cm³/mol. The molecule has 0 spiro atoms. The van der Waals surface area contributed by atoms with E-state index in [0.29, 0.717) is 19.8 Å². The van der Waals surface area contributed by atoms with E-state index in [-0.39, 0.29) is 0 Å². The molecule has 2 atom stereocenters. The number of nitrogens with one attached hydrogen (secondary N) is 2. The fourth-order valence-electron chi connectivity index (χ4n) is 1.65. The van der Waals surface area contributed by atoms with E-state index < -0.39 is 20.8 Å². The fraction of sp³-hybridized carbons (Fsp3) is 1.00. The summed E-state index contributed by atoms with van der Waals surface area (Å²) >= 11 is 0. The van der Waals surface area contributed by atoms with Gasteiger partial charge < -0.3 is 10.1 Å². The zero-order valence-electron chi connectivity index (χ0n) is 10.2. The van der Waals surface area contributed by atoms with E-state index in [1.807, 2.05) is 13.8 Å². The maximum Gasteiger partial charge on any atom is 0.216 e. The largest absolute Gasteiger partial charge is 0.379 e. The smallest absolute Gasteiger partial charge is 0.216 e. The highest BCUT2D eigenvalue weighted by Gasteiger charge is 2.35. The molecule has 0 amide bonds. The summed E-state index contributed by atoms with van der Waals surface area (Å²) < 4.78 is 32.0. The molecule has 1 fully saturated rings. The van der Waals surface area contributed by atoms with E-state index in [1.165, 1.54) is 0 Å². The third-order valence-electron chi connectivity index (χ3n) is 2.82. The SMILES string of the molecule is CCNCC(C)S(=O)(=O)NC1(C)CCOC1. The van der Waals surface area contributed by atoms with E-state index in [0.717, 1.165) is 13.0 Å². The van der Waals surface area contributed by atoms with Crippen molar-refractivity contribution in [3.63, 3.8) is 0 Å². The molecular formula is C10H22N2O3S. The summed E-state index contributed by atoms with van der Waals surface area (Å²) in [5, 5.41) is 2.62. The molecule has 1 aliphatic heterocycles. The summed E-state index contributed by atoms with van der Waals surface area (Å²) in [5.41, 5.74) is -0.431. The average molecular weight is 250 g/mol. The molecule has 2 N–H and O–H groups in total. The van der Waals surface area contributed by atoms with Gasteiger partial charge >= 0.3 is 0 Å². The molecule has 1 heterocycles. The zero-order chi connectivity index (χ0) is 12.2. The van der Waals surface area contributed by atoms with Crippen LogP contribution in [0.2, 0.25) is 0 Å².